The summed E-state index contributed by atoms with van der Waals surface area (Å²) in [7, 11) is 0. The Labute approximate surface area is 132 Å². The van der Waals surface area contributed by atoms with Crippen molar-refractivity contribution in [2.45, 2.75) is 33.6 Å². The van der Waals surface area contributed by atoms with Crippen LogP contribution in [0.25, 0.3) is 27.1 Å². The number of aromatic amines is 1. The Hall–Kier alpha value is -2.14. The van der Waals surface area contributed by atoms with Crippen LogP contribution in [0, 0.1) is 13.8 Å². The summed E-state index contributed by atoms with van der Waals surface area (Å²) in [5, 5.41) is 7.90. The van der Waals surface area contributed by atoms with Gasteiger partial charge in [0.2, 0.25) is 0 Å². The summed E-state index contributed by atoms with van der Waals surface area (Å²) in [4.78, 5) is 9.18. The Morgan fingerprint density at radius 2 is 2.05 bits per heavy atom. The molecule has 0 bridgehead atoms. The minimum absolute atomic E-state index is 0.462. The van der Waals surface area contributed by atoms with Gasteiger partial charge in [-0.2, -0.15) is 5.10 Å². The smallest absolute Gasteiger partial charge is 0.158 e. The van der Waals surface area contributed by atoms with Crippen LogP contribution < -0.4 is 0 Å². The number of nitrogens with zero attached hydrogens (tertiary/aromatic N) is 3. The lowest BCUT2D eigenvalue weighted by atomic mass is 9.96. The third-order valence-electron chi connectivity index (χ3n) is 4.18. The summed E-state index contributed by atoms with van der Waals surface area (Å²) in [6, 6.07) is 2.20. The van der Waals surface area contributed by atoms with Crippen LogP contribution in [0.1, 0.15) is 36.5 Å². The van der Waals surface area contributed by atoms with Crippen molar-refractivity contribution >= 4 is 27.2 Å². The molecule has 4 aromatic rings. The number of nitrogens with one attached hydrogen (secondary N) is 1. The molecule has 0 aliphatic heterocycles. The molecule has 22 heavy (non-hydrogen) atoms. The van der Waals surface area contributed by atoms with Gasteiger partial charge in [-0.05, 0) is 47.9 Å². The standard InChI is InChI=1S/C17H18N4S/c1-9(2)13-14-11(4)7-22-17(14)20-15(13)12-5-10(3)16-18-8-19-21(16)6-12/h5-9,20H,1-4H3. The zero-order valence-electron chi connectivity index (χ0n) is 13.1. The number of thiophene rings is 1. The molecule has 5 heteroatoms. The van der Waals surface area contributed by atoms with Gasteiger partial charge in [0.1, 0.15) is 11.2 Å². The zero-order valence-corrected chi connectivity index (χ0v) is 14.0. The molecule has 0 fully saturated rings. The summed E-state index contributed by atoms with van der Waals surface area (Å²) in [6.07, 6.45) is 3.67. The first-order valence-corrected chi connectivity index (χ1v) is 8.34. The second kappa shape index (κ2) is 4.68. The number of pyridine rings is 1. The van der Waals surface area contributed by atoms with E-state index in [1.807, 2.05) is 4.52 Å². The molecule has 0 saturated carbocycles. The second-order valence-electron chi connectivity index (χ2n) is 6.13. The molecular weight excluding hydrogens is 292 g/mol. The number of aryl methyl sites for hydroxylation is 2. The average Bonchev–Trinajstić information content (AvgIpc) is 3.14. The van der Waals surface area contributed by atoms with Gasteiger partial charge >= 0.3 is 0 Å². The fourth-order valence-electron chi connectivity index (χ4n) is 3.21. The quantitative estimate of drug-likeness (QED) is 0.584. The summed E-state index contributed by atoms with van der Waals surface area (Å²) in [5.41, 5.74) is 7.18. The monoisotopic (exact) mass is 310 g/mol. The van der Waals surface area contributed by atoms with Crippen molar-refractivity contribution in [2.24, 2.45) is 0 Å². The van der Waals surface area contributed by atoms with Crippen molar-refractivity contribution in [1.82, 2.24) is 19.6 Å². The van der Waals surface area contributed by atoms with E-state index in [0.717, 1.165) is 11.2 Å². The van der Waals surface area contributed by atoms with Crippen LogP contribution in [0.2, 0.25) is 0 Å². The fraction of sp³-hybridized carbons (Fsp3) is 0.294. The minimum atomic E-state index is 0.462. The van der Waals surface area contributed by atoms with E-state index in [4.69, 9.17) is 0 Å². The molecule has 0 atom stereocenters. The number of H-pyrrole nitrogens is 1. The number of hydrogen-bond acceptors (Lipinski definition) is 3. The van der Waals surface area contributed by atoms with E-state index < -0.39 is 0 Å². The molecule has 0 unspecified atom stereocenters. The van der Waals surface area contributed by atoms with Crippen LogP contribution in [0.4, 0.5) is 0 Å². The molecule has 0 saturated heterocycles. The van der Waals surface area contributed by atoms with E-state index in [-0.39, 0.29) is 0 Å². The minimum Gasteiger partial charge on any atom is -0.346 e. The molecule has 1 N–H and O–H groups in total. The van der Waals surface area contributed by atoms with E-state index in [1.54, 1.807) is 17.7 Å². The lowest BCUT2D eigenvalue weighted by Crippen LogP contribution is -1.95. The van der Waals surface area contributed by atoms with Gasteiger partial charge < -0.3 is 4.98 Å². The molecule has 4 aromatic heterocycles. The zero-order chi connectivity index (χ0) is 15.4. The first-order chi connectivity index (χ1) is 10.6. The van der Waals surface area contributed by atoms with Gasteiger partial charge in [-0.3, -0.25) is 0 Å². The van der Waals surface area contributed by atoms with Gasteiger partial charge in [0.05, 0.1) is 5.69 Å². The number of aromatic nitrogens is 4. The normalized spacial score (nSPS) is 12.0. The van der Waals surface area contributed by atoms with Gasteiger partial charge in [-0.25, -0.2) is 9.50 Å². The summed E-state index contributed by atoms with van der Waals surface area (Å²) < 4.78 is 1.86. The van der Waals surface area contributed by atoms with Crippen molar-refractivity contribution in [3.8, 4) is 11.3 Å². The second-order valence-corrected chi connectivity index (χ2v) is 7.01. The third kappa shape index (κ3) is 1.82. The maximum absolute atomic E-state index is 4.30. The van der Waals surface area contributed by atoms with Crippen LogP contribution in [0.15, 0.2) is 24.0 Å². The number of rotatable bonds is 2. The molecule has 0 amide bonds. The summed E-state index contributed by atoms with van der Waals surface area (Å²) in [5.74, 6) is 0.462. The molecule has 0 radical (unpaired) electrons. The van der Waals surface area contributed by atoms with Crippen molar-refractivity contribution < 1.29 is 0 Å². The Balaban J connectivity index is 2.05. The topological polar surface area (TPSA) is 46.0 Å². The average molecular weight is 310 g/mol. The van der Waals surface area contributed by atoms with E-state index >= 15 is 0 Å². The number of fused-ring (bicyclic) bond motifs is 2. The Kier molecular flexibility index (Phi) is 2.87. The van der Waals surface area contributed by atoms with Crippen molar-refractivity contribution in [2.75, 3.05) is 0 Å². The van der Waals surface area contributed by atoms with Crippen LogP contribution >= 0.6 is 11.3 Å². The van der Waals surface area contributed by atoms with Crippen molar-refractivity contribution in [1.29, 1.82) is 0 Å². The molecule has 0 aromatic carbocycles. The molecule has 4 nitrogen and oxygen atoms in total. The highest BCUT2D eigenvalue weighted by molar-refractivity contribution is 7.17. The lowest BCUT2D eigenvalue weighted by Gasteiger charge is -2.10. The molecular formula is C17H18N4S. The SMILES string of the molecule is Cc1csc2[nH]c(-c3cc(C)c4ncnn4c3)c(C(C)C)c12. The van der Waals surface area contributed by atoms with Crippen LogP contribution in [0.3, 0.4) is 0 Å². The van der Waals surface area contributed by atoms with Crippen LogP contribution in [0.5, 0.6) is 0 Å². The number of hydrogen-bond donors (Lipinski definition) is 1. The molecule has 112 valence electrons. The van der Waals surface area contributed by atoms with Gasteiger partial charge in [0.25, 0.3) is 0 Å². The third-order valence-corrected chi connectivity index (χ3v) is 5.19. The molecule has 4 heterocycles. The first kappa shape index (κ1) is 13.5. The maximum atomic E-state index is 4.30. The van der Waals surface area contributed by atoms with E-state index in [0.29, 0.717) is 5.92 Å². The largest absolute Gasteiger partial charge is 0.346 e. The predicted molar refractivity (Wildman–Crippen MR) is 91.7 cm³/mol. The Morgan fingerprint density at radius 3 is 2.82 bits per heavy atom. The molecule has 4 rings (SSSR count). The highest BCUT2D eigenvalue weighted by atomic mass is 32.1. The highest BCUT2D eigenvalue weighted by Crippen LogP contribution is 2.39. The predicted octanol–water partition coefficient (Wildman–Crippen LogP) is 4.68. The van der Waals surface area contributed by atoms with E-state index in [2.05, 4.69) is 60.4 Å². The van der Waals surface area contributed by atoms with Gasteiger partial charge in [0.15, 0.2) is 5.65 Å². The van der Waals surface area contributed by atoms with Crippen LogP contribution in [-0.4, -0.2) is 19.6 Å². The molecule has 0 spiro atoms. The van der Waals surface area contributed by atoms with E-state index in [9.17, 15) is 0 Å². The van der Waals surface area contributed by atoms with E-state index in [1.165, 1.54) is 32.6 Å². The lowest BCUT2D eigenvalue weighted by molar-refractivity contribution is 0.876. The summed E-state index contributed by atoms with van der Waals surface area (Å²) >= 11 is 1.78. The maximum Gasteiger partial charge on any atom is 0.158 e. The van der Waals surface area contributed by atoms with Crippen molar-refractivity contribution in [3.63, 3.8) is 0 Å². The first-order valence-electron chi connectivity index (χ1n) is 7.46. The Morgan fingerprint density at radius 1 is 1.23 bits per heavy atom. The van der Waals surface area contributed by atoms with Gasteiger partial charge in [-0.15, -0.1) is 11.3 Å². The highest BCUT2D eigenvalue weighted by Gasteiger charge is 2.19. The summed E-state index contributed by atoms with van der Waals surface area (Å²) in [6.45, 7) is 8.78. The van der Waals surface area contributed by atoms with Crippen molar-refractivity contribution in [3.05, 3.63) is 40.7 Å². The van der Waals surface area contributed by atoms with Crippen LogP contribution in [-0.2, 0) is 0 Å². The van der Waals surface area contributed by atoms with Gasteiger partial charge in [0, 0.05) is 17.1 Å². The molecule has 0 aliphatic rings. The van der Waals surface area contributed by atoms with Gasteiger partial charge in [-0.1, -0.05) is 13.8 Å². The Bertz CT molecular complexity index is 987. The molecule has 0 aliphatic carbocycles. The fourth-order valence-corrected chi connectivity index (χ4v) is 4.17.